The third-order valence-electron chi connectivity index (χ3n) is 5.04. The Morgan fingerprint density at radius 1 is 0.960 bits per heavy atom. The zero-order valence-corrected chi connectivity index (χ0v) is 14.9. The fourth-order valence-electron chi connectivity index (χ4n) is 3.59. The molecule has 1 aliphatic rings. The second kappa shape index (κ2) is 6.81. The van der Waals surface area contributed by atoms with Crippen LogP contribution in [0.5, 0.6) is 0 Å². The Morgan fingerprint density at radius 3 is 2.52 bits per heavy atom. The van der Waals surface area contributed by atoms with Gasteiger partial charge in [0.05, 0.1) is 5.52 Å². The summed E-state index contributed by atoms with van der Waals surface area (Å²) in [6.07, 6.45) is 2.44. The third-order valence-corrected chi connectivity index (χ3v) is 5.04. The van der Waals surface area contributed by atoms with E-state index >= 15 is 0 Å². The maximum atomic E-state index is 4.98. The highest BCUT2D eigenvalue weighted by Gasteiger charge is 2.24. The van der Waals surface area contributed by atoms with Crippen molar-refractivity contribution in [3.63, 3.8) is 0 Å². The molecule has 0 aliphatic carbocycles. The molecule has 1 saturated heterocycles. The van der Waals surface area contributed by atoms with E-state index < -0.39 is 0 Å². The lowest BCUT2D eigenvalue weighted by atomic mass is 10.0. The van der Waals surface area contributed by atoms with Crippen molar-refractivity contribution in [3.05, 3.63) is 54.6 Å². The van der Waals surface area contributed by atoms with Gasteiger partial charge in [0.15, 0.2) is 5.82 Å². The fraction of sp³-hybridized carbons (Fsp3) is 0.333. The number of aromatic nitrogens is 2. The van der Waals surface area contributed by atoms with Gasteiger partial charge in [0.2, 0.25) is 0 Å². The van der Waals surface area contributed by atoms with E-state index in [1.54, 1.807) is 0 Å². The Bertz CT molecular complexity index is 860. The van der Waals surface area contributed by atoms with E-state index in [0.717, 1.165) is 41.2 Å². The summed E-state index contributed by atoms with van der Waals surface area (Å²) in [6, 6.07) is 19.2. The Morgan fingerprint density at radius 2 is 1.72 bits per heavy atom. The van der Waals surface area contributed by atoms with E-state index in [1.165, 1.54) is 12.8 Å². The molecule has 25 heavy (non-hydrogen) atoms. The monoisotopic (exact) mass is 332 g/mol. The van der Waals surface area contributed by atoms with Crippen molar-refractivity contribution in [3.8, 4) is 11.4 Å². The summed E-state index contributed by atoms with van der Waals surface area (Å²) in [5.41, 5.74) is 2.08. The molecule has 2 heterocycles. The van der Waals surface area contributed by atoms with Crippen LogP contribution in [0.1, 0.15) is 12.8 Å². The smallest absolute Gasteiger partial charge is 0.162 e. The highest BCUT2D eigenvalue weighted by atomic mass is 15.2. The molecule has 0 radical (unpaired) electrons. The normalized spacial score (nSPS) is 18.0. The molecule has 4 heteroatoms. The molecule has 4 rings (SSSR count). The average Bonchev–Trinajstić information content (AvgIpc) is 2.68. The average molecular weight is 332 g/mol. The Balaban J connectivity index is 1.81. The highest BCUT2D eigenvalue weighted by Crippen LogP contribution is 2.29. The number of likely N-dealkylation sites (N-methyl/N-ethyl adjacent to an activating group) is 1. The highest BCUT2D eigenvalue weighted by molar-refractivity contribution is 5.91. The van der Waals surface area contributed by atoms with Crippen molar-refractivity contribution in [2.45, 2.75) is 18.9 Å². The first kappa shape index (κ1) is 16.0. The van der Waals surface area contributed by atoms with Gasteiger partial charge in [-0.25, -0.2) is 9.97 Å². The van der Waals surface area contributed by atoms with Crippen LogP contribution < -0.4 is 4.90 Å². The zero-order valence-electron chi connectivity index (χ0n) is 14.9. The number of anilines is 1. The number of nitrogens with zero attached hydrogens (tertiary/aromatic N) is 4. The van der Waals surface area contributed by atoms with Crippen molar-refractivity contribution in [1.82, 2.24) is 14.9 Å². The molecule has 3 aromatic rings. The van der Waals surface area contributed by atoms with Crippen LogP contribution in [-0.2, 0) is 0 Å². The number of hydrogen-bond donors (Lipinski definition) is 0. The van der Waals surface area contributed by atoms with Gasteiger partial charge in [0.1, 0.15) is 5.82 Å². The molecule has 0 bridgehead atoms. The van der Waals surface area contributed by atoms with Gasteiger partial charge in [0, 0.05) is 30.1 Å². The lowest BCUT2D eigenvalue weighted by molar-refractivity contribution is 0.257. The lowest BCUT2D eigenvalue weighted by Crippen LogP contribution is -2.45. The van der Waals surface area contributed by atoms with Gasteiger partial charge in [-0.3, -0.25) is 0 Å². The molecular formula is C21H24N4. The number of rotatable bonds is 3. The van der Waals surface area contributed by atoms with Crippen molar-refractivity contribution in [2.75, 3.05) is 32.1 Å². The molecule has 1 aliphatic heterocycles. The molecule has 0 spiro atoms. The summed E-state index contributed by atoms with van der Waals surface area (Å²) in [4.78, 5) is 14.6. The first-order valence-corrected chi connectivity index (χ1v) is 8.96. The standard InChI is InChI=1S/C21H24N4/c1-24(2)17-11-8-14-25(15-17)21-18-12-6-7-13-19(18)22-20(23-21)16-9-4-3-5-10-16/h3-7,9-10,12-13,17H,8,11,14-15H2,1-2H3. The van der Waals surface area contributed by atoms with Crippen LogP contribution in [0.25, 0.3) is 22.3 Å². The van der Waals surface area contributed by atoms with Gasteiger partial charge in [0.25, 0.3) is 0 Å². The fourth-order valence-corrected chi connectivity index (χ4v) is 3.59. The van der Waals surface area contributed by atoms with Gasteiger partial charge in [-0.15, -0.1) is 0 Å². The zero-order chi connectivity index (χ0) is 17.2. The molecular weight excluding hydrogens is 308 g/mol. The maximum Gasteiger partial charge on any atom is 0.162 e. The molecule has 0 amide bonds. The molecule has 128 valence electrons. The lowest BCUT2D eigenvalue weighted by Gasteiger charge is -2.37. The van der Waals surface area contributed by atoms with Gasteiger partial charge in [-0.1, -0.05) is 42.5 Å². The first-order chi connectivity index (χ1) is 12.2. The molecule has 1 fully saturated rings. The number of fused-ring (bicyclic) bond motifs is 1. The Hall–Kier alpha value is -2.46. The molecule has 0 N–H and O–H groups in total. The summed E-state index contributed by atoms with van der Waals surface area (Å²) in [7, 11) is 4.34. The second-order valence-electron chi connectivity index (χ2n) is 6.96. The molecule has 1 aromatic heterocycles. The van der Waals surface area contributed by atoms with Gasteiger partial charge >= 0.3 is 0 Å². The van der Waals surface area contributed by atoms with Crippen LogP contribution in [0.15, 0.2) is 54.6 Å². The van der Waals surface area contributed by atoms with Gasteiger partial charge in [-0.2, -0.15) is 0 Å². The van der Waals surface area contributed by atoms with Crippen LogP contribution in [0.3, 0.4) is 0 Å². The van der Waals surface area contributed by atoms with E-state index in [0.29, 0.717) is 6.04 Å². The number of para-hydroxylation sites is 1. The largest absolute Gasteiger partial charge is 0.354 e. The Kier molecular flexibility index (Phi) is 4.36. The van der Waals surface area contributed by atoms with E-state index in [9.17, 15) is 0 Å². The molecule has 4 nitrogen and oxygen atoms in total. The van der Waals surface area contributed by atoms with Crippen LogP contribution in [0, 0.1) is 0 Å². The van der Waals surface area contributed by atoms with E-state index in [-0.39, 0.29) is 0 Å². The topological polar surface area (TPSA) is 32.3 Å². The van der Waals surface area contributed by atoms with E-state index in [1.807, 2.05) is 24.3 Å². The quantitative estimate of drug-likeness (QED) is 0.730. The van der Waals surface area contributed by atoms with Crippen molar-refractivity contribution < 1.29 is 0 Å². The third kappa shape index (κ3) is 3.22. The minimum Gasteiger partial charge on any atom is -0.354 e. The number of benzene rings is 2. The summed E-state index contributed by atoms with van der Waals surface area (Å²) in [6.45, 7) is 2.07. The SMILES string of the molecule is CN(C)C1CCCN(c2nc(-c3ccccc3)nc3ccccc23)C1. The van der Waals surface area contributed by atoms with Crippen LogP contribution in [-0.4, -0.2) is 48.1 Å². The van der Waals surface area contributed by atoms with Crippen LogP contribution in [0.4, 0.5) is 5.82 Å². The van der Waals surface area contributed by atoms with Gasteiger partial charge < -0.3 is 9.80 Å². The first-order valence-electron chi connectivity index (χ1n) is 8.96. The minimum atomic E-state index is 0.572. The number of piperidine rings is 1. The van der Waals surface area contributed by atoms with Crippen molar-refractivity contribution in [2.24, 2.45) is 0 Å². The summed E-state index contributed by atoms with van der Waals surface area (Å²) < 4.78 is 0. The van der Waals surface area contributed by atoms with Crippen molar-refractivity contribution >= 4 is 16.7 Å². The molecule has 1 atom stereocenters. The van der Waals surface area contributed by atoms with Crippen LogP contribution in [0.2, 0.25) is 0 Å². The van der Waals surface area contributed by atoms with Crippen LogP contribution >= 0.6 is 0 Å². The predicted molar refractivity (Wildman–Crippen MR) is 104 cm³/mol. The van der Waals surface area contributed by atoms with E-state index in [2.05, 4.69) is 54.2 Å². The molecule has 1 unspecified atom stereocenters. The summed E-state index contributed by atoms with van der Waals surface area (Å²) >= 11 is 0. The molecule has 2 aromatic carbocycles. The van der Waals surface area contributed by atoms with Gasteiger partial charge in [-0.05, 0) is 39.1 Å². The molecule has 0 saturated carbocycles. The summed E-state index contributed by atoms with van der Waals surface area (Å²) in [5.74, 6) is 1.87. The van der Waals surface area contributed by atoms with E-state index in [4.69, 9.17) is 9.97 Å². The number of hydrogen-bond acceptors (Lipinski definition) is 4. The van der Waals surface area contributed by atoms with Crippen molar-refractivity contribution in [1.29, 1.82) is 0 Å². The Labute approximate surface area is 149 Å². The predicted octanol–water partition coefficient (Wildman–Crippen LogP) is 3.83. The second-order valence-corrected chi connectivity index (χ2v) is 6.96. The maximum absolute atomic E-state index is 4.98. The summed E-state index contributed by atoms with van der Waals surface area (Å²) in [5, 5.41) is 1.14. The minimum absolute atomic E-state index is 0.572.